The number of nitrogens with one attached hydrogen (secondary N) is 1. The van der Waals surface area contributed by atoms with E-state index in [4.69, 9.17) is 0 Å². The lowest BCUT2D eigenvalue weighted by atomic mass is 10.2. The average Bonchev–Trinajstić information content (AvgIpc) is 2.89. The predicted molar refractivity (Wildman–Crippen MR) is 75.8 cm³/mol. The summed E-state index contributed by atoms with van der Waals surface area (Å²) in [5.74, 6) is 0. The van der Waals surface area contributed by atoms with Crippen LogP contribution in [0.25, 0.3) is 10.2 Å². The molecule has 0 radical (unpaired) electrons. The average molecular weight is 274 g/mol. The first-order valence-electron chi connectivity index (χ1n) is 6.02. The number of rotatable bonds is 2. The van der Waals surface area contributed by atoms with Crippen LogP contribution in [0, 0.1) is 20.8 Å². The molecule has 0 unspecified atom stereocenters. The molecule has 0 aliphatic rings. The SMILES string of the molecule is Cc1cc2c(=O)n(Cc3c(C)n[nH]c3C)cnc2s1. The van der Waals surface area contributed by atoms with Gasteiger partial charge in [-0.3, -0.25) is 14.5 Å². The minimum absolute atomic E-state index is 0.00866. The number of H-pyrrole nitrogens is 1. The van der Waals surface area contributed by atoms with E-state index in [1.54, 1.807) is 22.2 Å². The molecule has 0 aliphatic heterocycles. The monoisotopic (exact) mass is 274 g/mol. The van der Waals surface area contributed by atoms with Gasteiger partial charge in [-0.2, -0.15) is 5.10 Å². The molecule has 3 rings (SSSR count). The van der Waals surface area contributed by atoms with Crippen LogP contribution < -0.4 is 5.56 Å². The summed E-state index contributed by atoms with van der Waals surface area (Å²) in [7, 11) is 0. The largest absolute Gasteiger partial charge is 0.294 e. The minimum atomic E-state index is 0.00866. The standard InChI is InChI=1S/C13H14N4OS/c1-7-4-10-12(19-7)14-6-17(13(10)18)5-11-8(2)15-16-9(11)3/h4,6H,5H2,1-3H3,(H,15,16). The molecule has 98 valence electrons. The molecule has 0 aromatic carbocycles. The Labute approximate surface area is 113 Å². The summed E-state index contributed by atoms with van der Waals surface area (Å²) in [5.41, 5.74) is 2.97. The van der Waals surface area contributed by atoms with Gasteiger partial charge in [0.05, 0.1) is 24.0 Å². The number of hydrogen-bond donors (Lipinski definition) is 1. The third-order valence-electron chi connectivity index (χ3n) is 3.25. The lowest BCUT2D eigenvalue weighted by Gasteiger charge is -2.05. The molecule has 0 spiro atoms. The number of aromatic amines is 1. The fraction of sp³-hybridized carbons (Fsp3) is 0.308. The van der Waals surface area contributed by atoms with E-state index in [0.717, 1.165) is 26.7 Å². The predicted octanol–water partition coefficient (Wildman–Crippen LogP) is 2.15. The topological polar surface area (TPSA) is 63.6 Å². The molecule has 0 amide bonds. The zero-order valence-electron chi connectivity index (χ0n) is 11.0. The van der Waals surface area contributed by atoms with Crippen LogP contribution in [-0.2, 0) is 6.54 Å². The molecule has 3 aromatic rings. The third-order valence-corrected chi connectivity index (χ3v) is 4.21. The highest BCUT2D eigenvalue weighted by atomic mass is 32.1. The van der Waals surface area contributed by atoms with Gasteiger partial charge < -0.3 is 0 Å². The van der Waals surface area contributed by atoms with Gasteiger partial charge in [-0.25, -0.2) is 4.98 Å². The fourth-order valence-electron chi connectivity index (χ4n) is 2.17. The molecule has 3 aromatic heterocycles. The van der Waals surface area contributed by atoms with Crippen molar-refractivity contribution < 1.29 is 0 Å². The van der Waals surface area contributed by atoms with Crippen LogP contribution in [-0.4, -0.2) is 19.7 Å². The van der Waals surface area contributed by atoms with E-state index in [0.29, 0.717) is 11.9 Å². The van der Waals surface area contributed by atoms with Crippen LogP contribution in [0.3, 0.4) is 0 Å². The second-order valence-electron chi connectivity index (χ2n) is 4.67. The zero-order chi connectivity index (χ0) is 13.6. The van der Waals surface area contributed by atoms with Crippen molar-refractivity contribution in [3.63, 3.8) is 0 Å². The maximum Gasteiger partial charge on any atom is 0.262 e. The summed E-state index contributed by atoms with van der Waals surface area (Å²) in [6.07, 6.45) is 1.62. The van der Waals surface area contributed by atoms with Crippen LogP contribution in [0.4, 0.5) is 0 Å². The van der Waals surface area contributed by atoms with Gasteiger partial charge in [0.2, 0.25) is 0 Å². The van der Waals surface area contributed by atoms with E-state index in [1.807, 2.05) is 26.8 Å². The van der Waals surface area contributed by atoms with Crippen molar-refractivity contribution in [2.45, 2.75) is 27.3 Å². The quantitative estimate of drug-likeness (QED) is 0.779. The number of aromatic nitrogens is 4. The lowest BCUT2D eigenvalue weighted by Crippen LogP contribution is -2.21. The molecule has 19 heavy (non-hydrogen) atoms. The Bertz CT molecular complexity index is 792. The van der Waals surface area contributed by atoms with Gasteiger partial charge in [0.25, 0.3) is 5.56 Å². The number of nitrogens with zero attached hydrogens (tertiary/aromatic N) is 3. The van der Waals surface area contributed by atoms with Crippen molar-refractivity contribution in [2.24, 2.45) is 0 Å². The summed E-state index contributed by atoms with van der Waals surface area (Å²) in [6, 6.07) is 1.90. The van der Waals surface area contributed by atoms with Crippen LogP contribution in [0.15, 0.2) is 17.2 Å². The summed E-state index contributed by atoms with van der Waals surface area (Å²) >= 11 is 1.55. The first-order chi connectivity index (χ1) is 9.06. The minimum Gasteiger partial charge on any atom is -0.294 e. The Balaban J connectivity index is 2.11. The van der Waals surface area contributed by atoms with Gasteiger partial charge in [-0.05, 0) is 26.8 Å². The number of fused-ring (bicyclic) bond motifs is 1. The first kappa shape index (κ1) is 12.1. The second kappa shape index (κ2) is 4.31. The highest BCUT2D eigenvalue weighted by Crippen LogP contribution is 2.19. The van der Waals surface area contributed by atoms with Crippen molar-refractivity contribution in [2.75, 3.05) is 0 Å². The lowest BCUT2D eigenvalue weighted by molar-refractivity contribution is 0.742. The van der Waals surface area contributed by atoms with Gasteiger partial charge in [0, 0.05) is 16.1 Å². The van der Waals surface area contributed by atoms with E-state index in [2.05, 4.69) is 15.2 Å². The molecule has 0 saturated heterocycles. The molecule has 0 bridgehead atoms. The molecule has 0 atom stereocenters. The van der Waals surface area contributed by atoms with Crippen molar-refractivity contribution in [3.8, 4) is 0 Å². The van der Waals surface area contributed by atoms with Gasteiger partial charge in [0.1, 0.15) is 4.83 Å². The Hall–Kier alpha value is -1.95. The fourth-order valence-corrected chi connectivity index (χ4v) is 3.01. The maximum absolute atomic E-state index is 12.4. The molecule has 0 fully saturated rings. The second-order valence-corrected chi connectivity index (χ2v) is 5.90. The normalized spacial score (nSPS) is 11.3. The van der Waals surface area contributed by atoms with Gasteiger partial charge in [0.15, 0.2) is 0 Å². The van der Waals surface area contributed by atoms with Crippen molar-refractivity contribution >= 4 is 21.6 Å². The molecule has 3 heterocycles. The van der Waals surface area contributed by atoms with Crippen LogP contribution >= 0.6 is 11.3 Å². The van der Waals surface area contributed by atoms with Crippen molar-refractivity contribution in [3.05, 3.63) is 44.6 Å². The molecule has 0 saturated carbocycles. The van der Waals surface area contributed by atoms with Crippen LogP contribution in [0.2, 0.25) is 0 Å². The molecule has 5 nitrogen and oxygen atoms in total. The summed E-state index contributed by atoms with van der Waals surface area (Å²) < 4.78 is 1.64. The summed E-state index contributed by atoms with van der Waals surface area (Å²) in [6.45, 7) is 6.39. The number of hydrogen-bond acceptors (Lipinski definition) is 4. The van der Waals surface area contributed by atoms with Crippen molar-refractivity contribution in [1.29, 1.82) is 0 Å². The smallest absolute Gasteiger partial charge is 0.262 e. The van der Waals surface area contributed by atoms with Crippen LogP contribution in [0.1, 0.15) is 21.8 Å². The highest BCUT2D eigenvalue weighted by molar-refractivity contribution is 7.18. The molecule has 0 aliphatic carbocycles. The van der Waals surface area contributed by atoms with E-state index in [9.17, 15) is 4.79 Å². The number of thiophene rings is 1. The Morgan fingerprint density at radius 2 is 2.16 bits per heavy atom. The number of aryl methyl sites for hydroxylation is 3. The molecular formula is C13H14N4OS. The van der Waals surface area contributed by atoms with Gasteiger partial charge in [-0.15, -0.1) is 11.3 Å². The van der Waals surface area contributed by atoms with Crippen molar-refractivity contribution in [1.82, 2.24) is 19.7 Å². The van der Waals surface area contributed by atoms with E-state index >= 15 is 0 Å². The zero-order valence-corrected chi connectivity index (χ0v) is 11.8. The Kier molecular flexibility index (Phi) is 2.74. The van der Waals surface area contributed by atoms with Gasteiger partial charge >= 0.3 is 0 Å². The highest BCUT2D eigenvalue weighted by Gasteiger charge is 2.11. The third kappa shape index (κ3) is 1.98. The van der Waals surface area contributed by atoms with E-state index < -0.39 is 0 Å². The first-order valence-corrected chi connectivity index (χ1v) is 6.84. The maximum atomic E-state index is 12.4. The molecule has 6 heteroatoms. The molecular weight excluding hydrogens is 260 g/mol. The summed E-state index contributed by atoms with van der Waals surface area (Å²) in [4.78, 5) is 18.7. The Morgan fingerprint density at radius 3 is 2.84 bits per heavy atom. The Morgan fingerprint density at radius 1 is 1.37 bits per heavy atom. The van der Waals surface area contributed by atoms with E-state index in [1.165, 1.54) is 0 Å². The van der Waals surface area contributed by atoms with Crippen LogP contribution in [0.5, 0.6) is 0 Å². The van der Waals surface area contributed by atoms with E-state index in [-0.39, 0.29) is 5.56 Å². The summed E-state index contributed by atoms with van der Waals surface area (Å²) in [5, 5.41) is 7.78. The molecule has 1 N–H and O–H groups in total. The van der Waals surface area contributed by atoms with Gasteiger partial charge in [-0.1, -0.05) is 0 Å².